The lowest BCUT2D eigenvalue weighted by Crippen LogP contribution is -2.62. The number of hydrogen-bond donors (Lipinski definition) is 3. The molecule has 12 atom stereocenters. The molecule has 4 unspecified atom stereocenters. The molecule has 4 saturated carbocycles. The van der Waals surface area contributed by atoms with Crippen molar-refractivity contribution in [1.82, 2.24) is 0 Å². The number of fused-ring (bicyclic) bond motifs is 5. The van der Waals surface area contributed by atoms with Crippen LogP contribution in [0.4, 0.5) is 0 Å². The van der Waals surface area contributed by atoms with Crippen LogP contribution in [0.25, 0.3) is 0 Å². The Morgan fingerprint density at radius 3 is 1.77 bits per heavy atom. The maximum atomic E-state index is 12.1. The highest BCUT2D eigenvalue weighted by Gasteiger charge is 2.65. The summed E-state index contributed by atoms with van der Waals surface area (Å²) in [7, 11) is -15.0. The summed E-state index contributed by atoms with van der Waals surface area (Å²) in [5.41, 5.74) is -0.578. The first-order valence-corrected chi connectivity index (χ1v) is 19.9. The third-order valence-corrected chi connectivity index (χ3v) is 14.1. The van der Waals surface area contributed by atoms with Crippen molar-refractivity contribution >= 4 is 31.2 Å². The Kier molecular flexibility index (Phi) is 10.1. The molecule has 3 N–H and O–H groups in total. The van der Waals surface area contributed by atoms with E-state index in [1.165, 1.54) is 0 Å². The standard InChI is InChI=1S/C29H52O12S3/c1-17(8-9-18(2)27(3,4)5)20-10-11-21-19-14-24(39-42(30,31)32)23-15-25(40-43(33,34)35)26(41-44(36,37)38)16-29(23,7)22(19)12-13-28(20,21)6/h17-26H,8-16H2,1-7H3,(H,30,31,32)(H,33,34,35)(H,36,37,38)/t17-,18?,19?,20-,21?,22?,23-,24+,25+,26+,28-,29-/m1/s1. The van der Waals surface area contributed by atoms with Gasteiger partial charge in [0, 0.05) is 0 Å². The van der Waals surface area contributed by atoms with Crippen LogP contribution in [-0.2, 0) is 43.7 Å². The maximum Gasteiger partial charge on any atom is 0.397 e. The van der Waals surface area contributed by atoms with Crippen LogP contribution >= 0.6 is 0 Å². The van der Waals surface area contributed by atoms with Crippen LogP contribution in [-0.4, -0.2) is 57.2 Å². The minimum absolute atomic E-state index is 0.00197. The lowest BCUT2D eigenvalue weighted by atomic mass is 9.43. The van der Waals surface area contributed by atoms with Crippen LogP contribution in [0.15, 0.2) is 0 Å². The second-order valence-electron chi connectivity index (χ2n) is 15.9. The van der Waals surface area contributed by atoms with E-state index in [-0.39, 0.29) is 41.4 Å². The predicted molar refractivity (Wildman–Crippen MR) is 162 cm³/mol. The van der Waals surface area contributed by atoms with E-state index in [1.807, 2.05) is 6.92 Å². The molecule has 0 aliphatic heterocycles. The molecule has 4 aliphatic rings. The van der Waals surface area contributed by atoms with Crippen LogP contribution in [0, 0.1) is 57.7 Å². The molecule has 0 heterocycles. The molecule has 12 nitrogen and oxygen atoms in total. The average molecular weight is 689 g/mol. The number of rotatable bonds is 10. The highest BCUT2D eigenvalue weighted by molar-refractivity contribution is 7.81. The summed E-state index contributed by atoms with van der Waals surface area (Å²) < 4.78 is 115. The van der Waals surface area contributed by atoms with Gasteiger partial charge in [0.1, 0.15) is 12.2 Å². The van der Waals surface area contributed by atoms with E-state index in [0.29, 0.717) is 24.2 Å². The van der Waals surface area contributed by atoms with Crippen LogP contribution in [0.3, 0.4) is 0 Å². The zero-order valence-electron chi connectivity index (χ0n) is 26.9. The van der Waals surface area contributed by atoms with E-state index in [1.54, 1.807) is 0 Å². The molecule has 44 heavy (non-hydrogen) atoms. The Morgan fingerprint density at radius 2 is 1.23 bits per heavy atom. The fraction of sp³-hybridized carbons (Fsp3) is 1.00. The first kappa shape index (κ1) is 36.4. The van der Waals surface area contributed by atoms with Crippen molar-refractivity contribution in [2.75, 3.05) is 0 Å². The predicted octanol–water partition coefficient (Wildman–Crippen LogP) is 5.53. The highest BCUT2D eigenvalue weighted by Crippen LogP contribution is 2.69. The molecule has 0 spiro atoms. The molecule has 0 aromatic heterocycles. The van der Waals surface area contributed by atoms with Crippen molar-refractivity contribution in [2.45, 2.75) is 125 Å². The Morgan fingerprint density at radius 1 is 0.705 bits per heavy atom. The third-order valence-electron chi connectivity index (χ3n) is 12.7. The van der Waals surface area contributed by atoms with Gasteiger partial charge in [0.05, 0.1) is 6.10 Å². The molecule has 0 amide bonds. The fourth-order valence-electron chi connectivity index (χ4n) is 10.2. The van der Waals surface area contributed by atoms with Gasteiger partial charge in [-0.25, -0.2) is 12.5 Å². The fourth-order valence-corrected chi connectivity index (χ4v) is 11.7. The van der Waals surface area contributed by atoms with E-state index in [9.17, 15) is 38.9 Å². The van der Waals surface area contributed by atoms with Crippen molar-refractivity contribution in [3.8, 4) is 0 Å². The Bertz CT molecular complexity index is 1370. The monoisotopic (exact) mass is 688 g/mol. The summed E-state index contributed by atoms with van der Waals surface area (Å²) in [5, 5.41) is 0. The van der Waals surface area contributed by atoms with Crippen LogP contribution < -0.4 is 0 Å². The molecule has 258 valence electrons. The van der Waals surface area contributed by atoms with Gasteiger partial charge in [-0.1, -0.05) is 54.9 Å². The minimum atomic E-state index is -5.06. The van der Waals surface area contributed by atoms with Crippen molar-refractivity contribution in [3.63, 3.8) is 0 Å². The summed E-state index contributed by atoms with van der Waals surface area (Å²) in [6, 6.07) is 0. The molecule has 4 fully saturated rings. The number of hydrogen-bond acceptors (Lipinski definition) is 9. The van der Waals surface area contributed by atoms with E-state index < -0.39 is 60.8 Å². The van der Waals surface area contributed by atoms with Crippen molar-refractivity contribution < 1.29 is 51.5 Å². The smallest absolute Gasteiger partial charge is 0.264 e. The van der Waals surface area contributed by atoms with E-state index in [2.05, 4.69) is 41.5 Å². The zero-order chi connectivity index (χ0) is 33.3. The summed E-state index contributed by atoms with van der Waals surface area (Å²) in [4.78, 5) is 0. The molecule has 4 aliphatic carbocycles. The van der Waals surface area contributed by atoms with Gasteiger partial charge in [0.25, 0.3) is 0 Å². The highest BCUT2D eigenvalue weighted by atomic mass is 32.3. The van der Waals surface area contributed by atoms with Crippen LogP contribution in [0.2, 0.25) is 0 Å². The molecular weight excluding hydrogens is 637 g/mol. The summed E-state index contributed by atoms with van der Waals surface area (Å²) in [5.74, 6) is 1.12. The van der Waals surface area contributed by atoms with Gasteiger partial charge in [-0.15, -0.1) is 0 Å². The maximum absolute atomic E-state index is 12.1. The van der Waals surface area contributed by atoms with E-state index in [4.69, 9.17) is 12.5 Å². The topological polar surface area (TPSA) is 191 Å². The van der Waals surface area contributed by atoms with Crippen LogP contribution in [0.5, 0.6) is 0 Å². The van der Waals surface area contributed by atoms with Crippen molar-refractivity contribution in [2.24, 2.45) is 57.7 Å². The lowest BCUT2D eigenvalue weighted by Gasteiger charge is -2.63. The van der Waals surface area contributed by atoms with Gasteiger partial charge >= 0.3 is 31.2 Å². The SMILES string of the molecule is CC(CC[C@@H](C)[C@H]1CCC2C3C[C@H](OS(=O)(=O)O)[C@H]4C[C@H](OS(=O)(=O)O)[C@@H](OS(=O)(=O)O)C[C@]4(C)C3CC[C@@]21C)C(C)(C)C. The van der Waals surface area contributed by atoms with Crippen molar-refractivity contribution in [3.05, 3.63) is 0 Å². The van der Waals surface area contributed by atoms with Gasteiger partial charge < -0.3 is 0 Å². The van der Waals surface area contributed by atoms with E-state index in [0.717, 1.165) is 38.5 Å². The van der Waals surface area contributed by atoms with Gasteiger partial charge in [-0.2, -0.15) is 25.3 Å². The molecule has 0 radical (unpaired) electrons. The van der Waals surface area contributed by atoms with E-state index >= 15 is 0 Å². The van der Waals surface area contributed by atoms with Gasteiger partial charge in [0.2, 0.25) is 0 Å². The van der Waals surface area contributed by atoms with Gasteiger partial charge in [0.15, 0.2) is 0 Å². The minimum Gasteiger partial charge on any atom is -0.264 e. The summed E-state index contributed by atoms with van der Waals surface area (Å²) >= 11 is 0. The Hall–Kier alpha value is -0.390. The molecule has 0 aromatic rings. The molecule has 4 rings (SSSR count). The van der Waals surface area contributed by atoms with Gasteiger partial charge in [-0.05, 0) is 109 Å². The first-order chi connectivity index (χ1) is 19.8. The van der Waals surface area contributed by atoms with Gasteiger partial charge in [-0.3, -0.25) is 13.7 Å². The third kappa shape index (κ3) is 7.83. The zero-order valence-corrected chi connectivity index (χ0v) is 29.3. The largest absolute Gasteiger partial charge is 0.397 e. The summed E-state index contributed by atoms with van der Waals surface area (Å²) in [6.45, 7) is 15.7. The normalized spacial score (nSPS) is 41.3. The average Bonchev–Trinajstić information content (AvgIpc) is 3.17. The van der Waals surface area contributed by atoms with Crippen LogP contribution in [0.1, 0.15) is 106 Å². The molecule has 0 saturated heterocycles. The molecule has 0 bridgehead atoms. The first-order valence-electron chi connectivity index (χ1n) is 15.8. The second kappa shape index (κ2) is 12.2. The Balaban J connectivity index is 1.66. The summed E-state index contributed by atoms with van der Waals surface area (Å²) in [6.07, 6.45) is 1.92. The lowest BCUT2D eigenvalue weighted by molar-refractivity contribution is -0.184. The Labute approximate surface area is 264 Å². The van der Waals surface area contributed by atoms with Crippen molar-refractivity contribution in [1.29, 1.82) is 0 Å². The quantitative estimate of drug-likeness (QED) is 0.244. The molecule has 15 heteroatoms. The molecular formula is C29H52O12S3. The second-order valence-corrected chi connectivity index (χ2v) is 19.0. The molecule has 0 aromatic carbocycles.